The fourth-order valence-corrected chi connectivity index (χ4v) is 4.01. The lowest BCUT2D eigenvalue weighted by Gasteiger charge is -2.13. The van der Waals surface area contributed by atoms with Crippen LogP contribution < -0.4 is 10.1 Å². The van der Waals surface area contributed by atoms with Crippen LogP contribution in [-0.4, -0.2) is 28.3 Å². The minimum Gasteiger partial charge on any atom is -0.497 e. The molecule has 1 heterocycles. The molecule has 0 aliphatic heterocycles. The summed E-state index contributed by atoms with van der Waals surface area (Å²) < 4.78 is 7.29. The molecule has 0 fully saturated rings. The number of rotatable bonds is 7. The van der Waals surface area contributed by atoms with Crippen molar-refractivity contribution in [2.45, 2.75) is 5.16 Å². The summed E-state index contributed by atoms with van der Waals surface area (Å²) in [7, 11) is 1.64. The molecular formula is C24H20ClN3O2S. The molecule has 0 saturated carbocycles. The highest BCUT2D eigenvalue weighted by Gasteiger charge is 2.16. The molecule has 1 aromatic heterocycles. The number of amides is 1. The molecule has 0 spiro atoms. The van der Waals surface area contributed by atoms with Crippen LogP contribution in [-0.2, 0) is 4.79 Å². The van der Waals surface area contributed by atoms with E-state index in [1.165, 1.54) is 11.8 Å². The van der Waals surface area contributed by atoms with Gasteiger partial charge in [0.25, 0.3) is 0 Å². The predicted molar refractivity (Wildman–Crippen MR) is 126 cm³/mol. The van der Waals surface area contributed by atoms with Gasteiger partial charge in [0.15, 0.2) is 5.16 Å². The highest BCUT2D eigenvalue weighted by atomic mass is 35.5. The van der Waals surface area contributed by atoms with Gasteiger partial charge in [0, 0.05) is 22.0 Å². The maximum Gasteiger partial charge on any atom is 0.234 e. The fraction of sp³-hybridized carbons (Fsp3) is 0.0833. The number of imidazole rings is 1. The molecule has 0 unspecified atom stereocenters. The van der Waals surface area contributed by atoms with E-state index in [-0.39, 0.29) is 11.7 Å². The van der Waals surface area contributed by atoms with Crippen LogP contribution in [0.2, 0.25) is 5.02 Å². The lowest BCUT2D eigenvalue weighted by Crippen LogP contribution is -2.14. The molecule has 0 radical (unpaired) electrons. The third-order valence-corrected chi connectivity index (χ3v) is 5.79. The smallest absolute Gasteiger partial charge is 0.234 e. The normalized spacial score (nSPS) is 10.6. The van der Waals surface area contributed by atoms with Crippen molar-refractivity contribution in [3.63, 3.8) is 0 Å². The molecule has 7 heteroatoms. The number of ether oxygens (including phenoxy) is 1. The Bertz CT molecular complexity index is 1160. The van der Waals surface area contributed by atoms with Gasteiger partial charge in [-0.05, 0) is 60.7 Å². The first-order valence-electron chi connectivity index (χ1n) is 9.60. The molecular weight excluding hydrogens is 430 g/mol. The van der Waals surface area contributed by atoms with E-state index in [9.17, 15) is 4.79 Å². The van der Waals surface area contributed by atoms with Crippen molar-refractivity contribution in [1.82, 2.24) is 9.55 Å². The zero-order valence-electron chi connectivity index (χ0n) is 16.8. The highest BCUT2D eigenvalue weighted by Crippen LogP contribution is 2.31. The number of anilines is 1. The summed E-state index contributed by atoms with van der Waals surface area (Å²) >= 11 is 7.46. The molecule has 31 heavy (non-hydrogen) atoms. The number of benzene rings is 3. The summed E-state index contributed by atoms with van der Waals surface area (Å²) in [6, 6.07) is 24.7. The minimum absolute atomic E-state index is 0.0900. The van der Waals surface area contributed by atoms with E-state index in [4.69, 9.17) is 16.3 Å². The van der Waals surface area contributed by atoms with Gasteiger partial charge in [0.1, 0.15) is 5.75 Å². The van der Waals surface area contributed by atoms with Crippen molar-refractivity contribution in [3.05, 3.63) is 90.1 Å². The second kappa shape index (κ2) is 9.73. The van der Waals surface area contributed by atoms with Crippen LogP contribution in [0.5, 0.6) is 5.75 Å². The maximum absolute atomic E-state index is 12.4. The van der Waals surface area contributed by atoms with Gasteiger partial charge in [-0.2, -0.15) is 0 Å². The fourth-order valence-electron chi connectivity index (χ4n) is 3.09. The van der Waals surface area contributed by atoms with Gasteiger partial charge in [-0.1, -0.05) is 41.6 Å². The van der Waals surface area contributed by atoms with Gasteiger partial charge in [-0.25, -0.2) is 4.98 Å². The van der Waals surface area contributed by atoms with Gasteiger partial charge in [0.05, 0.1) is 24.8 Å². The van der Waals surface area contributed by atoms with E-state index in [2.05, 4.69) is 10.3 Å². The molecule has 5 nitrogen and oxygen atoms in total. The number of hydrogen-bond donors (Lipinski definition) is 1. The SMILES string of the molecule is COc1ccc(-c2cnc(SCC(=O)Nc3ccccc3)n2-c2ccc(Cl)cc2)cc1. The molecule has 3 aromatic carbocycles. The van der Waals surface area contributed by atoms with E-state index in [0.717, 1.165) is 33.5 Å². The topological polar surface area (TPSA) is 56.1 Å². The van der Waals surface area contributed by atoms with E-state index in [1.54, 1.807) is 7.11 Å². The zero-order valence-corrected chi connectivity index (χ0v) is 18.4. The van der Waals surface area contributed by atoms with E-state index < -0.39 is 0 Å². The summed E-state index contributed by atoms with van der Waals surface area (Å²) in [5.41, 5.74) is 3.59. The second-order valence-corrected chi connectivity index (χ2v) is 8.05. The number of nitrogens with one attached hydrogen (secondary N) is 1. The Morgan fingerprint density at radius 3 is 2.42 bits per heavy atom. The quantitative estimate of drug-likeness (QED) is 0.355. The Morgan fingerprint density at radius 1 is 1.03 bits per heavy atom. The van der Waals surface area contributed by atoms with Gasteiger partial charge in [0.2, 0.25) is 5.91 Å². The minimum atomic E-state index is -0.0900. The first-order valence-corrected chi connectivity index (χ1v) is 11.0. The lowest BCUT2D eigenvalue weighted by molar-refractivity contribution is -0.113. The number of carbonyl (C=O) groups excluding carboxylic acids is 1. The van der Waals surface area contributed by atoms with Crippen molar-refractivity contribution >= 4 is 35.0 Å². The predicted octanol–water partition coefficient (Wildman–Crippen LogP) is 5.93. The molecule has 156 valence electrons. The van der Waals surface area contributed by atoms with Crippen LogP contribution in [0.25, 0.3) is 16.9 Å². The number of halogens is 1. The third kappa shape index (κ3) is 5.10. The summed E-state index contributed by atoms with van der Waals surface area (Å²) in [4.78, 5) is 17.0. The van der Waals surface area contributed by atoms with Gasteiger partial charge in [-0.3, -0.25) is 9.36 Å². The molecule has 0 aliphatic rings. The van der Waals surface area contributed by atoms with Gasteiger partial charge in [-0.15, -0.1) is 0 Å². The van der Waals surface area contributed by atoms with Crippen molar-refractivity contribution in [2.24, 2.45) is 0 Å². The molecule has 4 rings (SSSR count). The summed E-state index contributed by atoms with van der Waals surface area (Å²) in [6.07, 6.45) is 1.81. The third-order valence-electron chi connectivity index (χ3n) is 4.59. The maximum atomic E-state index is 12.4. The summed E-state index contributed by atoms with van der Waals surface area (Å²) in [5, 5.41) is 4.28. The Kier molecular flexibility index (Phi) is 6.60. The molecule has 1 N–H and O–H groups in total. The van der Waals surface area contributed by atoms with Crippen LogP contribution in [0.15, 0.2) is 90.2 Å². The average Bonchev–Trinajstić information content (AvgIpc) is 3.23. The highest BCUT2D eigenvalue weighted by molar-refractivity contribution is 7.99. The van der Waals surface area contributed by atoms with Crippen LogP contribution in [0, 0.1) is 0 Å². The summed E-state index contributed by atoms with van der Waals surface area (Å²) in [5.74, 6) is 0.933. The zero-order chi connectivity index (χ0) is 21.6. The summed E-state index contributed by atoms with van der Waals surface area (Å²) in [6.45, 7) is 0. The monoisotopic (exact) mass is 449 g/mol. The number of nitrogens with zero attached hydrogens (tertiary/aromatic N) is 2. The number of aromatic nitrogens is 2. The molecule has 0 bridgehead atoms. The van der Waals surface area contributed by atoms with Crippen LogP contribution in [0.1, 0.15) is 0 Å². The Morgan fingerprint density at radius 2 is 1.74 bits per heavy atom. The van der Waals surface area contributed by atoms with E-state index in [0.29, 0.717) is 5.02 Å². The molecule has 4 aromatic rings. The van der Waals surface area contributed by atoms with Crippen molar-refractivity contribution in [3.8, 4) is 22.7 Å². The largest absolute Gasteiger partial charge is 0.497 e. The number of thioether (sulfide) groups is 1. The number of para-hydroxylation sites is 1. The van der Waals surface area contributed by atoms with Crippen molar-refractivity contribution in [1.29, 1.82) is 0 Å². The molecule has 0 atom stereocenters. The second-order valence-electron chi connectivity index (χ2n) is 6.67. The Balaban J connectivity index is 1.61. The first kappa shape index (κ1) is 21.0. The van der Waals surface area contributed by atoms with Gasteiger partial charge >= 0.3 is 0 Å². The first-order chi connectivity index (χ1) is 15.1. The Labute approximate surface area is 190 Å². The van der Waals surface area contributed by atoms with Crippen LogP contribution >= 0.6 is 23.4 Å². The van der Waals surface area contributed by atoms with Crippen LogP contribution in [0.3, 0.4) is 0 Å². The van der Waals surface area contributed by atoms with Crippen molar-refractivity contribution in [2.75, 3.05) is 18.2 Å². The molecule has 0 aliphatic carbocycles. The lowest BCUT2D eigenvalue weighted by atomic mass is 10.1. The standard InChI is InChI=1S/C24H20ClN3O2S/c1-30-21-13-7-17(8-14-21)22-15-26-24(28(22)20-11-9-18(25)10-12-20)31-16-23(29)27-19-5-3-2-4-6-19/h2-15H,16H2,1H3,(H,27,29). The number of hydrogen-bond acceptors (Lipinski definition) is 4. The number of carbonyl (C=O) groups is 1. The van der Waals surface area contributed by atoms with Crippen LogP contribution in [0.4, 0.5) is 5.69 Å². The van der Waals surface area contributed by atoms with E-state index in [1.807, 2.05) is 89.6 Å². The van der Waals surface area contributed by atoms with Crippen molar-refractivity contribution < 1.29 is 9.53 Å². The molecule has 1 amide bonds. The average molecular weight is 450 g/mol. The number of methoxy groups -OCH3 is 1. The van der Waals surface area contributed by atoms with Gasteiger partial charge < -0.3 is 10.1 Å². The van der Waals surface area contributed by atoms with E-state index >= 15 is 0 Å². The Hall–Kier alpha value is -3.22. The molecule has 0 saturated heterocycles.